The van der Waals surface area contributed by atoms with Crippen LogP contribution in [0.15, 0.2) is 29.8 Å². The summed E-state index contributed by atoms with van der Waals surface area (Å²) in [6.07, 6.45) is 1.75. The van der Waals surface area contributed by atoms with E-state index in [0.29, 0.717) is 11.4 Å². The number of halogens is 1. The summed E-state index contributed by atoms with van der Waals surface area (Å²) in [7, 11) is 0. The van der Waals surface area contributed by atoms with Crippen molar-refractivity contribution in [2.75, 3.05) is 0 Å². The quantitative estimate of drug-likeness (QED) is 0.910. The first-order valence-electron chi connectivity index (χ1n) is 4.98. The molecule has 1 heterocycles. The molecule has 2 aromatic rings. The molecule has 1 aromatic carbocycles. The van der Waals surface area contributed by atoms with Crippen molar-refractivity contribution in [2.24, 2.45) is 0 Å². The molecule has 1 aromatic heterocycles. The maximum atomic E-state index is 10.0. The lowest BCUT2D eigenvalue weighted by molar-refractivity contribution is 0.178. The highest BCUT2D eigenvalue weighted by atomic mass is 35.5. The van der Waals surface area contributed by atoms with E-state index < -0.39 is 6.10 Å². The molecule has 1 unspecified atom stereocenters. The van der Waals surface area contributed by atoms with E-state index in [1.807, 2.05) is 24.4 Å². The van der Waals surface area contributed by atoms with Crippen LogP contribution < -0.4 is 0 Å². The molecule has 0 aliphatic carbocycles. The molecule has 0 amide bonds. The van der Waals surface area contributed by atoms with E-state index in [0.717, 1.165) is 16.1 Å². The minimum absolute atomic E-state index is 0.538. The van der Waals surface area contributed by atoms with Crippen molar-refractivity contribution in [3.63, 3.8) is 0 Å². The highest BCUT2D eigenvalue weighted by Crippen LogP contribution is 2.23. The van der Waals surface area contributed by atoms with Crippen molar-refractivity contribution in [2.45, 2.75) is 19.4 Å². The Kier molecular flexibility index (Phi) is 3.59. The lowest BCUT2D eigenvalue weighted by Gasteiger charge is -2.10. The van der Waals surface area contributed by atoms with Gasteiger partial charge in [0.25, 0.3) is 0 Å². The zero-order valence-corrected chi connectivity index (χ0v) is 10.4. The van der Waals surface area contributed by atoms with Gasteiger partial charge in [0.05, 0.1) is 11.1 Å². The van der Waals surface area contributed by atoms with Crippen molar-refractivity contribution in [1.82, 2.24) is 4.98 Å². The zero-order valence-electron chi connectivity index (χ0n) is 8.85. The minimum Gasteiger partial charge on any atom is -0.388 e. The van der Waals surface area contributed by atoms with Crippen LogP contribution >= 0.6 is 22.9 Å². The van der Waals surface area contributed by atoms with Gasteiger partial charge in [-0.1, -0.05) is 17.7 Å². The van der Waals surface area contributed by atoms with Crippen LogP contribution in [-0.2, 0) is 6.42 Å². The second-order valence-electron chi connectivity index (χ2n) is 3.71. The molecule has 0 saturated heterocycles. The number of benzene rings is 1. The molecule has 0 aliphatic rings. The Morgan fingerprint density at radius 1 is 1.44 bits per heavy atom. The van der Waals surface area contributed by atoms with E-state index in [1.54, 1.807) is 23.6 Å². The van der Waals surface area contributed by atoms with Crippen molar-refractivity contribution >= 4 is 22.9 Å². The molecule has 0 saturated carbocycles. The molecular weight excluding hydrogens is 242 g/mol. The predicted octanol–water partition coefficient (Wildman–Crippen LogP) is 3.38. The van der Waals surface area contributed by atoms with Gasteiger partial charge in [-0.15, -0.1) is 11.3 Å². The molecule has 2 nitrogen and oxygen atoms in total. The molecule has 0 aliphatic heterocycles. The highest BCUT2D eigenvalue weighted by molar-refractivity contribution is 7.09. The van der Waals surface area contributed by atoms with E-state index in [-0.39, 0.29) is 0 Å². The van der Waals surface area contributed by atoms with Crippen molar-refractivity contribution in [1.29, 1.82) is 0 Å². The second-order valence-corrected chi connectivity index (χ2v) is 5.12. The summed E-state index contributed by atoms with van der Waals surface area (Å²) in [5, 5.41) is 13.6. The number of hydrogen-bond donors (Lipinski definition) is 1. The minimum atomic E-state index is -0.538. The molecule has 1 N–H and O–H groups in total. The van der Waals surface area contributed by atoms with Crippen LogP contribution in [0.4, 0.5) is 0 Å². The Morgan fingerprint density at radius 2 is 2.25 bits per heavy atom. The molecule has 16 heavy (non-hydrogen) atoms. The third-order valence-corrected chi connectivity index (χ3v) is 3.32. The highest BCUT2D eigenvalue weighted by Gasteiger charge is 2.11. The summed E-state index contributed by atoms with van der Waals surface area (Å²) in [6.45, 7) is 1.96. The molecule has 0 radical (unpaired) electrons. The molecule has 2 rings (SSSR count). The third kappa shape index (κ3) is 2.82. The fourth-order valence-corrected chi connectivity index (χ4v) is 2.55. The van der Waals surface area contributed by atoms with Gasteiger partial charge in [-0.3, -0.25) is 0 Å². The Morgan fingerprint density at radius 3 is 2.88 bits per heavy atom. The number of thiazole rings is 1. The average Bonchev–Trinajstić information content (AvgIpc) is 2.68. The summed E-state index contributed by atoms with van der Waals surface area (Å²) in [6, 6.07) is 5.62. The molecular formula is C12H12ClNOS. The molecule has 0 bridgehead atoms. The van der Waals surface area contributed by atoms with Gasteiger partial charge in [0.15, 0.2) is 0 Å². The fraction of sp³-hybridized carbons (Fsp3) is 0.250. The Balaban J connectivity index is 2.17. The largest absolute Gasteiger partial charge is 0.388 e. The van der Waals surface area contributed by atoms with E-state index in [4.69, 9.17) is 11.6 Å². The monoisotopic (exact) mass is 253 g/mol. The summed E-state index contributed by atoms with van der Waals surface area (Å²) >= 11 is 7.50. The summed E-state index contributed by atoms with van der Waals surface area (Å²) < 4.78 is 0. The molecule has 4 heteroatoms. The number of hydrogen-bond acceptors (Lipinski definition) is 3. The third-order valence-electron chi connectivity index (χ3n) is 2.30. The number of aliphatic hydroxyl groups excluding tert-OH is 1. The molecule has 0 fully saturated rings. The van der Waals surface area contributed by atoms with Crippen LogP contribution in [0, 0.1) is 6.92 Å². The summed E-state index contributed by atoms with van der Waals surface area (Å²) in [5.41, 5.74) is 1.90. The number of aromatic nitrogens is 1. The first kappa shape index (κ1) is 11.6. The van der Waals surface area contributed by atoms with Gasteiger partial charge in [0.2, 0.25) is 0 Å². The van der Waals surface area contributed by atoms with Crippen LogP contribution in [0.3, 0.4) is 0 Å². The predicted molar refractivity (Wildman–Crippen MR) is 67.0 cm³/mol. The first-order valence-corrected chi connectivity index (χ1v) is 6.24. The van der Waals surface area contributed by atoms with Crippen LogP contribution in [-0.4, -0.2) is 10.1 Å². The maximum absolute atomic E-state index is 10.0. The van der Waals surface area contributed by atoms with Crippen LogP contribution in [0.25, 0.3) is 0 Å². The van der Waals surface area contributed by atoms with E-state index in [2.05, 4.69) is 4.98 Å². The van der Waals surface area contributed by atoms with Gasteiger partial charge < -0.3 is 5.11 Å². The first-order chi connectivity index (χ1) is 7.65. The lowest BCUT2D eigenvalue weighted by Crippen LogP contribution is -2.01. The Hall–Kier alpha value is -0.900. The van der Waals surface area contributed by atoms with Crippen molar-refractivity contribution in [3.05, 3.63) is 50.9 Å². The average molecular weight is 254 g/mol. The smallest absolute Gasteiger partial charge is 0.0954 e. The number of nitrogens with zero attached hydrogens (tertiary/aromatic N) is 1. The second kappa shape index (κ2) is 4.95. The Labute approximate surface area is 104 Å². The standard InChI is InChI=1S/C12H12ClNOS/c1-8-4-9(6-10(13)5-8)11(15)7-12-14-2-3-16-12/h2-6,11,15H,7H2,1H3. The molecule has 84 valence electrons. The van der Waals surface area contributed by atoms with Crippen LogP contribution in [0.1, 0.15) is 22.2 Å². The topological polar surface area (TPSA) is 33.1 Å². The van der Waals surface area contributed by atoms with Crippen LogP contribution in [0.2, 0.25) is 5.02 Å². The van der Waals surface area contributed by atoms with Gasteiger partial charge in [-0.05, 0) is 30.2 Å². The summed E-state index contributed by atoms with van der Waals surface area (Å²) in [4.78, 5) is 4.15. The SMILES string of the molecule is Cc1cc(Cl)cc(C(O)Cc2nccs2)c1. The zero-order chi connectivity index (χ0) is 11.5. The van der Waals surface area contributed by atoms with Crippen molar-refractivity contribution in [3.8, 4) is 0 Å². The summed E-state index contributed by atoms with van der Waals surface area (Å²) in [5.74, 6) is 0. The van der Waals surface area contributed by atoms with Gasteiger partial charge in [0, 0.05) is 23.0 Å². The van der Waals surface area contributed by atoms with E-state index in [9.17, 15) is 5.11 Å². The van der Waals surface area contributed by atoms with Crippen molar-refractivity contribution < 1.29 is 5.11 Å². The van der Waals surface area contributed by atoms with Gasteiger partial charge in [-0.2, -0.15) is 0 Å². The normalized spacial score (nSPS) is 12.7. The van der Waals surface area contributed by atoms with Gasteiger partial charge >= 0.3 is 0 Å². The number of rotatable bonds is 3. The van der Waals surface area contributed by atoms with Crippen LogP contribution in [0.5, 0.6) is 0 Å². The molecule has 1 atom stereocenters. The van der Waals surface area contributed by atoms with Gasteiger partial charge in [-0.25, -0.2) is 4.98 Å². The van der Waals surface area contributed by atoms with E-state index in [1.165, 1.54) is 0 Å². The number of aliphatic hydroxyl groups is 1. The maximum Gasteiger partial charge on any atom is 0.0954 e. The van der Waals surface area contributed by atoms with E-state index >= 15 is 0 Å². The van der Waals surface area contributed by atoms with Gasteiger partial charge in [0.1, 0.15) is 0 Å². The lowest BCUT2D eigenvalue weighted by atomic mass is 10.0. The molecule has 0 spiro atoms. The Bertz CT molecular complexity index is 450. The number of aryl methyl sites for hydroxylation is 1. The fourth-order valence-electron chi connectivity index (χ4n) is 1.59.